The van der Waals surface area contributed by atoms with E-state index in [9.17, 15) is 23.7 Å². The third kappa shape index (κ3) is 5.60. The Morgan fingerprint density at radius 1 is 1.15 bits per heavy atom. The molecule has 2 fully saturated rings. The van der Waals surface area contributed by atoms with Gasteiger partial charge in [-0.25, -0.2) is 0 Å². The number of hydrogen-bond donors (Lipinski definition) is 2. The molecule has 5 rings (SSSR count). The van der Waals surface area contributed by atoms with Gasteiger partial charge in [-0.2, -0.15) is 33.7 Å². The van der Waals surface area contributed by atoms with Crippen molar-refractivity contribution < 1.29 is 17.9 Å². The number of alkyl halides is 3. The maximum absolute atomic E-state index is 14.0. The lowest BCUT2D eigenvalue weighted by atomic mass is 9.93. The standard InChI is InChI=1S/C28H29F3N8O/c1-38-9-2-3-20(38)16-40-27-36-25-13-21(22-12-18(34)4-5-24(22)28(29,30)31)17(14-33)11-23(25)26(37-27)39-10-8-35-19(15-39)6-7-32/h4-5,11-13,19-20,35H,2-3,6,8-10,15-16,34H2,1H3. The molecule has 0 saturated carbocycles. The van der Waals surface area contributed by atoms with E-state index in [0.29, 0.717) is 49.4 Å². The van der Waals surface area contributed by atoms with E-state index in [-0.39, 0.29) is 40.5 Å². The van der Waals surface area contributed by atoms with Gasteiger partial charge in [0.2, 0.25) is 0 Å². The van der Waals surface area contributed by atoms with Crippen LogP contribution in [0.4, 0.5) is 24.7 Å². The smallest absolute Gasteiger partial charge is 0.417 e. The van der Waals surface area contributed by atoms with Crippen molar-refractivity contribution >= 4 is 22.4 Å². The van der Waals surface area contributed by atoms with Gasteiger partial charge in [-0.05, 0) is 62.3 Å². The summed E-state index contributed by atoms with van der Waals surface area (Å²) in [5.41, 5.74) is 5.38. The molecule has 2 aliphatic rings. The minimum Gasteiger partial charge on any atom is -0.462 e. The highest BCUT2D eigenvalue weighted by Crippen LogP contribution is 2.41. The maximum atomic E-state index is 14.0. The van der Waals surface area contributed by atoms with Gasteiger partial charge in [0.15, 0.2) is 0 Å². The Balaban J connectivity index is 1.65. The van der Waals surface area contributed by atoms with Gasteiger partial charge in [-0.15, -0.1) is 0 Å². The second-order valence-electron chi connectivity index (χ2n) is 10.2. The van der Waals surface area contributed by atoms with Gasteiger partial charge in [0.05, 0.1) is 35.2 Å². The number of nitrogens with zero attached hydrogens (tertiary/aromatic N) is 6. The van der Waals surface area contributed by atoms with Crippen LogP contribution in [-0.4, -0.2) is 66.8 Å². The summed E-state index contributed by atoms with van der Waals surface area (Å²) in [6, 6.07) is 10.8. The maximum Gasteiger partial charge on any atom is 0.417 e. The van der Waals surface area contributed by atoms with Crippen molar-refractivity contribution in [2.45, 2.75) is 37.5 Å². The first-order valence-electron chi connectivity index (χ1n) is 13.1. The largest absolute Gasteiger partial charge is 0.462 e. The van der Waals surface area contributed by atoms with Crippen molar-refractivity contribution in [1.82, 2.24) is 20.2 Å². The van der Waals surface area contributed by atoms with Gasteiger partial charge in [-0.1, -0.05) is 0 Å². The summed E-state index contributed by atoms with van der Waals surface area (Å²) in [6.45, 7) is 3.03. The highest BCUT2D eigenvalue weighted by atomic mass is 19.4. The molecule has 0 radical (unpaired) electrons. The Hall–Kier alpha value is -4.13. The summed E-state index contributed by atoms with van der Waals surface area (Å²) >= 11 is 0. The molecule has 2 atom stereocenters. The quantitative estimate of drug-likeness (QED) is 0.439. The van der Waals surface area contributed by atoms with Crippen LogP contribution in [0.3, 0.4) is 0 Å². The monoisotopic (exact) mass is 550 g/mol. The first-order valence-corrected chi connectivity index (χ1v) is 13.1. The summed E-state index contributed by atoms with van der Waals surface area (Å²) in [7, 11) is 2.03. The average molecular weight is 551 g/mol. The van der Waals surface area contributed by atoms with Gasteiger partial charge in [-0.3, -0.25) is 0 Å². The van der Waals surface area contributed by atoms with Gasteiger partial charge in [0.1, 0.15) is 12.4 Å². The number of likely N-dealkylation sites (N-methyl/N-ethyl adjacent to an activating group) is 1. The lowest BCUT2D eigenvalue weighted by Crippen LogP contribution is -2.51. The molecular weight excluding hydrogens is 521 g/mol. The van der Waals surface area contributed by atoms with Gasteiger partial charge in [0, 0.05) is 48.4 Å². The van der Waals surface area contributed by atoms with Crippen LogP contribution in [0.25, 0.3) is 22.0 Å². The van der Waals surface area contributed by atoms with Crippen LogP contribution in [-0.2, 0) is 6.18 Å². The molecule has 208 valence electrons. The van der Waals surface area contributed by atoms with Crippen molar-refractivity contribution in [3.63, 3.8) is 0 Å². The van der Waals surface area contributed by atoms with E-state index >= 15 is 0 Å². The number of nitrogen functional groups attached to an aromatic ring is 1. The molecular formula is C28H29F3N8O. The molecule has 3 N–H and O–H groups in total. The van der Waals surface area contributed by atoms with Crippen LogP contribution in [0.2, 0.25) is 0 Å². The number of nitrogens with one attached hydrogen (secondary N) is 1. The average Bonchev–Trinajstić information content (AvgIpc) is 3.34. The summed E-state index contributed by atoms with van der Waals surface area (Å²) in [5.74, 6) is 0.510. The Bertz CT molecular complexity index is 1500. The van der Waals surface area contributed by atoms with Crippen LogP contribution >= 0.6 is 0 Å². The number of piperazine rings is 1. The lowest BCUT2D eigenvalue weighted by Gasteiger charge is -2.34. The topological polar surface area (TPSA) is 127 Å². The molecule has 0 bridgehead atoms. The third-order valence-corrected chi connectivity index (χ3v) is 7.52. The molecule has 9 nitrogen and oxygen atoms in total. The second kappa shape index (κ2) is 11.2. The van der Waals surface area contributed by atoms with Crippen molar-refractivity contribution in [3.8, 4) is 29.3 Å². The molecule has 40 heavy (non-hydrogen) atoms. The van der Waals surface area contributed by atoms with Gasteiger partial charge >= 0.3 is 12.2 Å². The van der Waals surface area contributed by atoms with E-state index in [1.807, 2.05) is 11.9 Å². The number of ether oxygens (including phenoxy) is 1. The van der Waals surface area contributed by atoms with E-state index in [1.54, 1.807) is 0 Å². The molecule has 0 aliphatic carbocycles. The van der Waals surface area contributed by atoms with Crippen LogP contribution in [0.1, 0.15) is 30.4 Å². The van der Waals surface area contributed by atoms with Gasteiger partial charge < -0.3 is 25.6 Å². The van der Waals surface area contributed by atoms with Gasteiger partial charge in [0.25, 0.3) is 0 Å². The molecule has 2 unspecified atom stereocenters. The second-order valence-corrected chi connectivity index (χ2v) is 10.2. The number of aromatic nitrogens is 2. The number of rotatable bonds is 6. The number of benzene rings is 2. The van der Waals surface area contributed by atoms with Crippen molar-refractivity contribution in [2.24, 2.45) is 0 Å². The highest BCUT2D eigenvalue weighted by molar-refractivity contribution is 5.96. The van der Waals surface area contributed by atoms with Crippen LogP contribution in [0.5, 0.6) is 6.01 Å². The van der Waals surface area contributed by atoms with Crippen molar-refractivity contribution in [3.05, 3.63) is 41.5 Å². The zero-order valence-corrected chi connectivity index (χ0v) is 22.0. The van der Waals surface area contributed by atoms with E-state index in [0.717, 1.165) is 25.5 Å². The van der Waals surface area contributed by atoms with Crippen molar-refractivity contribution in [1.29, 1.82) is 10.5 Å². The Morgan fingerprint density at radius 3 is 2.67 bits per heavy atom. The molecule has 0 amide bonds. The predicted octanol–water partition coefficient (Wildman–Crippen LogP) is 3.93. The Labute approximate surface area is 230 Å². The zero-order valence-electron chi connectivity index (χ0n) is 22.0. The molecule has 3 heterocycles. The molecule has 12 heteroatoms. The minimum absolute atomic E-state index is 0.0402. The van der Waals surface area contributed by atoms with Crippen molar-refractivity contribution in [2.75, 3.05) is 50.5 Å². The van der Waals surface area contributed by atoms with Crippen LogP contribution in [0.15, 0.2) is 30.3 Å². The normalized spacial score (nSPS) is 19.9. The lowest BCUT2D eigenvalue weighted by molar-refractivity contribution is -0.137. The zero-order chi connectivity index (χ0) is 28.4. The summed E-state index contributed by atoms with van der Waals surface area (Å²) < 4.78 is 47.9. The first-order chi connectivity index (χ1) is 19.2. The molecule has 3 aromatic rings. The van der Waals surface area contributed by atoms with E-state index in [1.165, 1.54) is 24.3 Å². The molecule has 2 aromatic carbocycles. The number of fused-ring (bicyclic) bond motifs is 1. The Morgan fingerprint density at radius 2 is 1.98 bits per heavy atom. The third-order valence-electron chi connectivity index (χ3n) is 7.52. The number of halogens is 3. The highest BCUT2D eigenvalue weighted by Gasteiger charge is 2.34. The number of anilines is 2. The van der Waals surface area contributed by atoms with E-state index in [2.05, 4.69) is 27.3 Å². The summed E-state index contributed by atoms with van der Waals surface area (Å²) in [4.78, 5) is 13.5. The van der Waals surface area contributed by atoms with E-state index < -0.39 is 11.7 Å². The first kappa shape index (κ1) is 27.4. The molecule has 2 saturated heterocycles. The number of hydrogen-bond acceptors (Lipinski definition) is 9. The number of nitriles is 2. The molecule has 1 aromatic heterocycles. The number of nitrogens with two attached hydrogens (primary N) is 1. The fourth-order valence-corrected chi connectivity index (χ4v) is 5.42. The Kier molecular flexibility index (Phi) is 7.66. The molecule has 0 spiro atoms. The SMILES string of the molecule is CN1CCCC1COc1nc(N2CCNC(CC#N)C2)c2cc(C#N)c(-c3cc(N)ccc3C(F)(F)F)cc2n1. The fraction of sp³-hybridized carbons (Fsp3) is 0.429. The minimum atomic E-state index is -4.65. The fourth-order valence-electron chi connectivity index (χ4n) is 5.42. The number of likely N-dealkylation sites (tertiary alicyclic amines) is 1. The molecule has 2 aliphatic heterocycles. The summed E-state index contributed by atoms with van der Waals surface area (Å²) in [6.07, 6.45) is -2.30. The van der Waals surface area contributed by atoms with E-state index in [4.69, 9.17) is 15.5 Å². The predicted molar refractivity (Wildman–Crippen MR) is 144 cm³/mol. The van der Waals surface area contributed by atoms with Crippen LogP contribution in [0, 0.1) is 22.7 Å². The van der Waals surface area contributed by atoms with Crippen LogP contribution < -0.4 is 20.7 Å². The summed E-state index contributed by atoms with van der Waals surface area (Å²) in [5, 5.41) is 23.0.